The maximum Gasteiger partial charge on any atom is 0.328 e. The summed E-state index contributed by atoms with van der Waals surface area (Å²) in [5.41, 5.74) is 16.7. The zero-order valence-electron chi connectivity index (χ0n) is 22.5. The van der Waals surface area contributed by atoms with Gasteiger partial charge in [-0.2, -0.15) is 0 Å². The number of amides is 4. The maximum absolute atomic E-state index is 13.0. The molecule has 16 nitrogen and oxygen atoms in total. The molecule has 0 radical (unpaired) electrons. The van der Waals surface area contributed by atoms with E-state index in [1.165, 1.54) is 13.8 Å². The summed E-state index contributed by atoms with van der Waals surface area (Å²) in [4.78, 5) is 62.1. The molecule has 14 N–H and O–H groups in total. The van der Waals surface area contributed by atoms with E-state index in [1.807, 2.05) is 0 Å². The van der Waals surface area contributed by atoms with Crippen LogP contribution in [0.3, 0.4) is 0 Å². The fourth-order valence-corrected chi connectivity index (χ4v) is 3.43. The van der Waals surface area contributed by atoms with Crippen molar-refractivity contribution in [2.24, 2.45) is 17.2 Å². The smallest absolute Gasteiger partial charge is 0.328 e. The van der Waals surface area contributed by atoms with E-state index in [0.29, 0.717) is 45.2 Å². The van der Waals surface area contributed by atoms with Gasteiger partial charge in [0.15, 0.2) is 0 Å². The second kappa shape index (κ2) is 19.2. The van der Waals surface area contributed by atoms with Crippen LogP contribution >= 0.6 is 0 Å². The molecule has 0 aromatic carbocycles. The first-order chi connectivity index (χ1) is 18.3. The predicted molar refractivity (Wildman–Crippen MR) is 140 cm³/mol. The summed E-state index contributed by atoms with van der Waals surface area (Å²) in [5, 5.41) is 47.6. The van der Waals surface area contributed by atoms with Crippen molar-refractivity contribution < 1.29 is 44.4 Å². The Labute approximate surface area is 227 Å². The molecule has 0 aliphatic rings. The minimum absolute atomic E-state index is 0.0431. The van der Waals surface area contributed by atoms with E-state index in [2.05, 4.69) is 21.3 Å². The van der Waals surface area contributed by atoms with Gasteiger partial charge in [0.1, 0.15) is 24.2 Å². The van der Waals surface area contributed by atoms with E-state index in [1.54, 1.807) is 0 Å². The number of carboxylic acid groups (broad SMARTS) is 1. The lowest BCUT2D eigenvalue weighted by molar-refractivity contribution is -0.143. The number of nitrogens with one attached hydrogen (secondary N) is 4. The van der Waals surface area contributed by atoms with Crippen molar-refractivity contribution in [3.05, 3.63) is 0 Å². The fraction of sp³-hybridized carbons (Fsp3) is 0.783. The molecule has 0 aromatic rings. The number of hydrogen-bond donors (Lipinski definition) is 11. The van der Waals surface area contributed by atoms with Gasteiger partial charge in [0.25, 0.3) is 0 Å². The average Bonchev–Trinajstić information content (AvgIpc) is 2.87. The first kappa shape index (κ1) is 36.1. The normalized spacial score (nSPS) is 16.5. The van der Waals surface area contributed by atoms with Crippen LogP contribution in [0.1, 0.15) is 52.4 Å². The summed E-state index contributed by atoms with van der Waals surface area (Å²) in [6.07, 6.45) is -0.453. The summed E-state index contributed by atoms with van der Waals surface area (Å²) in [7, 11) is 0. The lowest BCUT2D eigenvalue weighted by atomic mass is 10.0. The zero-order valence-corrected chi connectivity index (χ0v) is 22.5. The Morgan fingerprint density at radius 3 is 1.54 bits per heavy atom. The molecule has 4 amide bonds. The summed E-state index contributed by atoms with van der Waals surface area (Å²) in [6.45, 7) is 2.27. The van der Waals surface area contributed by atoms with Gasteiger partial charge in [-0.3, -0.25) is 19.2 Å². The van der Waals surface area contributed by atoms with Gasteiger partial charge in [-0.15, -0.1) is 0 Å². The molecule has 7 unspecified atom stereocenters. The minimum atomic E-state index is -1.62. The van der Waals surface area contributed by atoms with E-state index in [0.717, 1.165) is 0 Å². The Morgan fingerprint density at radius 2 is 1.10 bits per heavy atom. The molecule has 39 heavy (non-hydrogen) atoms. The highest BCUT2D eigenvalue weighted by atomic mass is 16.4. The topological polar surface area (TPSA) is 292 Å². The Balaban J connectivity index is 5.57. The van der Waals surface area contributed by atoms with E-state index >= 15 is 0 Å². The molecule has 0 bridgehead atoms. The lowest BCUT2D eigenvalue weighted by Gasteiger charge is -2.28. The third-order valence-corrected chi connectivity index (χ3v) is 5.81. The van der Waals surface area contributed by atoms with Crippen molar-refractivity contribution in [3.63, 3.8) is 0 Å². The molecule has 0 saturated carbocycles. The first-order valence-corrected chi connectivity index (χ1v) is 12.9. The van der Waals surface area contributed by atoms with Gasteiger partial charge in [-0.25, -0.2) is 4.79 Å². The molecule has 0 aliphatic carbocycles. The van der Waals surface area contributed by atoms with Gasteiger partial charge < -0.3 is 58.9 Å². The number of nitrogens with two attached hydrogens (primary N) is 3. The van der Waals surface area contributed by atoms with Crippen molar-refractivity contribution in [1.29, 1.82) is 0 Å². The molecular formula is C23H45N7O9. The van der Waals surface area contributed by atoms with Crippen LogP contribution < -0.4 is 38.5 Å². The average molecular weight is 564 g/mol. The number of carboxylic acids is 1. The highest BCUT2D eigenvalue weighted by Crippen LogP contribution is 2.06. The number of aliphatic hydroxyl groups is 3. The Hall–Kier alpha value is -2.89. The van der Waals surface area contributed by atoms with Crippen LogP contribution in [0.2, 0.25) is 0 Å². The van der Waals surface area contributed by atoms with Crippen molar-refractivity contribution >= 4 is 29.6 Å². The monoisotopic (exact) mass is 563 g/mol. The quantitative estimate of drug-likeness (QED) is 0.0623. The summed E-state index contributed by atoms with van der Waals surface area (Å²) >= 11 is 0. The molecule has 226 valence electrons. The summed E-state index contributed by atoms with van der Waals surface area (Å²) in [5.74, 6) is -5.09. The van der Waals surface area contributed by atoms with E-state index in [9.17, 15) is 39.3 Å². The first-order valence-electron chi connectivity index (χ1n) is 12.9. The summed E-state index contributed by atoms with van der Waals surface area (Å²) < 4.78 is 0. The molecule has 0 spiro atoms. The number of aliphatic hydroxyl groups excluding tert-OH is 3. The van der Waals surface area contributed by atoms with Crippen LogP contribution in [-0.2, 0) is 24.0 Å². The van der Waals surface area contributed by atoms with Crippen LogP contribution in [0.25, 0.3) is 0 Å². The number of carbonyl (C=O) groups is 5. The number of hydrogen-bond acceptors (Lipinski definition) is 11. The van der Waals surface area contributed by atoms with Gasteiger partial charge in [-0.05, 0) is 59.0 Å². The number of rotatable bonds is 20. The molecule has 0 aromatic heterocycles. The number of carbonyl (C=O) groups excluding carboxylic acids is 4. The van der Waals surface area contributed by atoms with Gasteiger partial charge in [-0.1, -0.05) is 6.42 Å². The third kappa shape index (κ3) is 13.6. The summed E-state index contributed by atoms with van der Waals surface area (Å²) in [6, 6.07) is -7.00. The second-order valence-corrected chi connectivity index (χ2v) is 9.27. The Morgan fingerprint density at radius 1 is 0.667 bits per heavy atom. The Kier molecular flexibility index (Phi) is 17.8. The van der Waals surface area contributed by atoms with Crippen LogP contribution in [-0.4, -0.2) is 112 Å². The lowest BCUT2D eigenvalue weighted by Crippen LogP contribution is -2.62. The van der Waals surface area contributed by atoms with Gasteiger partial charge in [0, 0.05) is 0 Å². The molecule has 0 aliphatic heterocycles. The standard InChI is InChI=1S/C23H45N7O9/c1-12(32)17(30-22(37)18(13(2)33)29-19(34)14(26)7-3-5-9-24)21(36)27-15(8-4-6-10-25)20(35)28-16(11-31)23(38)39/h12-18,31-33H,3-11,24-26H2,1-2H3,(H,27,36)(H,28,35)(H,29,34)(H,30,37)(H,38,39). The van der Waals surface area contributed by atoms with Crippen molar-refractivity contribution in [2.75, 3.05) is 19.7 Å². The maximum atomic E-state index is 13.0. The third-order valence-electron chi connectivity index (χ3n) is 5.81. The largest absolute Gasteiger partial charge is 0.480 e. The molecule has 16 heteroatoms. The highest BCUT2D eigenvalue weighted by molar-refractivity contribution is 5.95. The van der Waals surface area contributed by atoms with Crippen LogP contribution in [0.4, 0.5) is 0 Å². The van der Waals surface area contributed by atoms with E-state index in [4.69, 9.17) is 22.3 Å². The second-order valence-electron chi connectivity index (χ2n) is 9.27. The molecule has 0 rings (SSSR count). The van der Waals surface area contributed by atoms with E-state index in [-0.39, 0.29) is 6.42 Å². The van der Waals surface area contributed by atoms with Crippen molar-refractivity contribution in [3.8, 4) is 0 Å². The SMILES string of the molecule is CC(O)C(NC(=O)C(N)CCCCN)C(=O)NC(C(=O)NC(CCCCN)C(=O)NC(CO)C(=O)O)C(C)O. The van der Waals surface area contributed by atoms with Gasteiger partial charge >= 0.3 is 5.97 Å². The zero-order chi connectivity index (χ0) is 30.1. The predicted octanol–water partition coefficient (Wildman–Crippen LogP) is -4.65. The molecule has 0 saturated heterocycles. The molecule has 0 heterocycles. The Bertz CT molecular complexity index is 798. The van der Waals surface area contributed by atoms with Gasteiger partial charge in [0.05, 0.1) is 24.9 Å². The van der Waals surface area contributed by atoms with Gasteiger partial charge in [0.2, 0.25) is 23.6 Å². The fourth-order valence-electron chi connectivity index (χ4n) is 3.43. The molecular weight excluding hydrogens is 518 g/mol. The molecule has 0 fully saturated rings. The minimum Gasteiger partial charge on any atom is -0.480 e. The number of unbranched alkanes of at least 4 members (excludes halogenated alkanes) is 2. The van der Waals surface area contributed by atoms with Crippen molar-refractivity contribution in [2.45, 2.75) is 94.8 Å². The van der Waals surface area contributed by atoms with Crippen molar-refractivity contribution in [1.82, 2.24) is 21.3 Å². The van der Waals surface area contributed by atoms with Crippen LogP contribution in [0.5, 0.6) is 0 Å². The highest BCUT2D eigenvalue weighted by Gasteiger charge is 2.35. The van der Waals surface area contributed by atoms with E-state index < -0.39 is 78.6 Å². The van der Waals surface area contributed by atoms with Crippen LogP contribution in [0.15, 0.2) is 0 Å². The molecule has 7 atom stereocenters. The number of aliphatic carboxylic acids is 1. The van der Waals surface area contributed by atoms with Crippen LogP contribution in [0, 0.1) is 0 Å².